The van der Waals surface area contributed by atoms with Crippen LogP contribution in [0.3, 0.4) is 0 Å². The van der Waals surface area contributed by atoms with Gasteiger partial charge < -0.3 is 4.90 Å². The number of nitrogens with zero attached hydrogens (tertiary/aromatic N) is 1. The van der Waals surface area contributed by atoms with Crippen molar-refractivity contribution in [1.82, 2.24) is 0 Å². The first kappa shape index (κ1) is 38.7. The molecule has 0 bridgehead atoms. The maximum Gasteiger partial charge on any atom is 0.0714 e. The second-order valence-corrected chi connectivity index (χ2v) is 18.0. The standard InChI is InChI=1S/C64H47N/c1-63(2)56-31-19-18-30-54(56)60-58(63)43-59-61(55-41-36-49(46-24-12-5-13-25-46)42-57(55)64(59,50-26-14-6-15-27-50)51-28-16-7-17-29-51)62(60)65(52-37-32-47(33-38-52)44-20-8-3-9-21-44)53-39-34-48(35-40-53)45-22-10-4-11-23-45/h3-43H,1-2H3. The van der Waals surface area contributed by atoms with Crippen LogP contribution >= 0.6 is 0 Å². The molecule has 1 nitrogen and oxygen atoms in total. The van der Waals surface area contributed by atoms with Gasteiger partial charge in [-0.1, -0.05) is 232 Å². The van der Waals surface area contributed by atoms with E-state index < -0.39 is 5.41 Å². The van der Waals surface area contributed by atoms with Crippen molar-refractivity contribution < 1.29 is 0 Å². The Hall–Kier alpha value is -8.00. The third-order valence-corrected chi connectivity index (χ3v) is 14.2. The highest BCUT2D eigenvalue weighted by Gasteiger charge is 2.51. The lowest BCUT2D eigenvalue weighted by Gasteiger charge is -2.36. The molecule has 0 fully saturated rings. The lowest BCUT2D eigenvalue weighted by atomic mass is 9.66. The third-order valence-electron chi connectivity index (χ3n) is 14.2. The summed E-state index contributed by atoms with van der Waals surface area (Å²) in [7, 11) is 0. The van der Waals surface area contributed by atoms with Crippen molar-refractivity contribution in [2.75, 3.05) is 4.90 Å². The van der Waals surface area contributed by atoms with E-state index in [0.29, 0.717) is 0 Å². The van der Waals surface area contributed by atoms with Crippen LogP contribution in [-0.2, 0) is 10.8 Å². The summed E-state index contributed by atoms with van der Waals surface area (Å²) >= 11 is 0. The molecule has 10 aromatic rings. The molecule has 12 rings (SSSR count). The third kappa shape index (κ3) is 6.07. The average Bonchev–Trinajstić information content (AvgIpc) is 3.80. The molecule has 0 N–H and O–H groups in total. The zero-order valence-corrected chi connectivity index (χ0v) is 36.6. The Morgan fingerprint density at radius 2 is 0.677 bits per heavy atom. The van der Waals surface area contributed by atoms with Crippen molar-refractivity contribution >= 4 is 17.1 Å². The van der Waals surface area contributed by atoms with Gasteiger partial charge in [0.2, 0.25) is 0 Å². The van der Waals surface area contributed by atoms with Crippen LogP contribution < -0.4 is 4.90 Å². The highest BCUT2D eigenvalue weighted by Crippen LogP contribution is 2.65. The first-order valence-electron chi connectivity index (χ1n) is 22.8. The van der Waals surface area contributed by atoms with E-state index in [1.807, 2.05) is 0 Å². The second-order valence-electron chi connectivity index (χ2n) is 18.0. The van der Waals surface area contributed by atoms with Crippen molar-refractivity contribution in [3.63, 3.8) is 0 Å². The molecule has 308 valence electrons. The number of hydrogen-bond donors (Lipinski definition) is 0. The van der Waals surface area contributed by atoms with Crippen LogP contribution in [0.1, 0.15) is 47.2 Å². The van der Waals surface area contributed by atoms with Crippen molar-refractivity contribution in [2.45, 2.75) is 24.7 Å². The molecular formula is C64H47N. The molecule has 2 aliphatic carbocycles. The zero-order chi connectivity index (χ0) is 43.5. The Balaban J connectivity index is 1.23. The number of rotatable bonds is 8. The molecule has 2 aliphatic rings. The molecular weight excluding hydrogens is 783 g/mol. The van der Waals surface area contributed by atoms with Crippen LogP contribution in [0.5, 0.6) is 0 Å². The summed E-state index contributed by atoms with van der Waals surface area (Å²) in [5.74, 6) is 0. The Morgan fingerprint density at radius 3 is 1.18 bits per heavy atom. The summed E-state index contributed by atoms with van der Waals surface area (Å²) in [5.41, 5.74) is 22.6. The Labute approximate surface area is 382 Å². The van der Waals surface area contributed by atoms with E-state index in [9.17, 15) is 0 Å². The first-order valence-corrected chi connectivity index (χ1v) is 22.8. The Kier molecular flexibility index (Phi) is 9.14. The normalized spacial score (nSPS) is 13.6. The minimum Gasteiger partial charge on any atom is -0.309 e. The molecule has 0 spiro atoms. The van der Waals surface area contributed by atoms with Gasteiger partial charge in [-0.05, 0) is 108 Å². The number of anilines is 3. The Bertz CT molecular complexity index is 3210. The van der Waals surface area contributed by atoms with Gasteiger partial charge in [-0.15, -0.1) is 0 Å². The summed E-state index contributed by atoms with van der Waals surface area (Å²) in [6.07, 6.45) is 0. The van der Waals surface area contributed by atoms with Gasteiger partial charge in [0.1, 0.15) is 0 Å². The van der Waals surface area contributed by atoms with Crippen LogP contribution in [0.15, 0.2) is 249 Å². The van der Waals surface area contributed by atoms with Crippen molar-refractivity contribution in [1.29, 1.82) is 0 Å². The Morgan fingerprint density at radius 1 is 0.292 bits per heavy atom. The zero-order valence-electron chi connectivity index (χ0n) is 36.6. The fourth-order valence-electron chi connectivity index (χ4n) is 11.1. The molecule has 0 saturated heterocycles. The molecule has 0 atom stereocenters. The van der Waals surface area contributed by atoms with Crippen molar-refractivity contribution in [2.24, 2.45) is 0 Å². The molecule has 0 heterocycles. The molecule has 0 amide bonds. The SMILES string of the molecule is CC1(C)c2ccccc2-c2c1cc1c(c2N(c2ccc(-c3ccccc3)cc2)c2ccc(-c3ccccc3)cc2)-c2ccc(-c3ccccc3)cc2C1(c1ccccc1)c1ccccc1. The highest BCUT2D eigenvalue weighted by atomic mass is 15.1. The quantitative estimate of drug-likeness (QED) is 0.147. The van der Waals surface area contributed by atoms with E-state index in [-0.39, 0.29) is 5.41 Å². The molecule has 10 aromatic carbocycles. The fraction of sp³-hybridized carbons (Fsp3) is 0.0625. The highest BCUT2D eigenvalue weighted by molar-refractivity contribution is 6.07. The van der Waals surface area contributed by atoms with Gasteiger partial charge in [-0.25, -0.2) is 0 Å². The number of fused-ring (bicyclic) bond motifs is 6. The maximum atomic E-state index is 2.60. The minimum atomic E-state index is -0.632. The lowest BCUT2D eigenvalue weighted by molar-refractivity contribution is 0.656. The molecule has 0 aromatic heterocycles. The van der Waals surface area contributed by atoms with Gasteiger partial charge in [0.15, 0.2) is 0 Å². The minimum absolute atomic E-state index is 0.279. The predicted octanol–water partition coefficient (Wildman–Crippen LogP) is 16.8. The smallest absolute Gasteiger partial charge is 0.0714 e. The summed E-state index contributed by atoms with van der Waals surface area (Å²) in [6.45, 7) is 4.84. The van der Waals surface area contributed by atoms with Gasteiger partial charge in [-0.2, -0.15) is 0 Å². The lowest BCUT2D eigenvalue weighted by Crippen LogP contribution is -2.29. The van der Waals surface area contributed by atoms with Gasteiger partial charge in [0.05, 0.1) is 11.1 Å². The van der Waals surface area contributed by atoms with Crippen LogP contribution in [0, 0.1) is 0 Å². The second kappa shape index (κ2) is 15.4. The van der Waals surface area contributed by atoms with Crippen LogP contribution in [0.2, 0.25) is 0 Å². The van der Waals surface area contributed by atoms with Gasteiger partial charge >= 0.3 is 0 Å². The van der Waals surface area contributed by atoms with Gasteiger partial charge in [-0.3, -0.25) is 0 Å². The molecule has 65 heavy (non-hydrogen) atoms. The van der Waals surface area contributed by atoms with Crippen molar-refractivity contribution in [3.8, 4) is 55.6 Å². The summed E-state index contributed by atoms with van der Waals surface area (Å²) in [6, 6.07) is 92.2. The molecule has 0 saturated carbocycles. The molecule has 0 unspecified atom stereocenters. The molecule has 0 radical (unpaired) electrons. The van der Waals surface area contributed by atoms with E-state index >= 15 is 0 Å². The van der Waals surface area contributed by atoms with Crippen molar-refractivity contribution in [3.05, 3.63) is 282 Å². The average molecular weight is 830 g/mol. The van der Waals surface area contributed by atoms with Gasteiger partial charge in [0.25, 0.3) is 0 Å². The molecule has 1 heteroatoms. The largest absolute Gasteiger partial charge is 0.309 e. The molecule has 0 aliphatic heterocycles. The van der Waals surface area contributed by atoms with Crippen LogP contribution in [-0.4, -0.2) is 0 Å². The topological polar surface area (TPSA) is 3.24 Å². The van der Waals surface area contributed by atoms with Gasteiger partial charge in [0, 0.05) is 27.9 Å². The van der Waals surface area contributed by atoms with Crippen LogP contribution in [0.25, 0.3) is 55.6 Å². The fourth-order valence-corrected chi connectivity index (χ4v) is 11.1. The van der Waals surface area contributed by atoms with E-state index in [0.717, 1.165) is 11.4 Å². The monoisotopic (exact) mass is 829 g/mol. The van der Waals surface area contributed by atoms with E-state index in [1.54, 1.807) is 0 Å². The number of benzene rings is 10. The maximum absolute atomic E-state index is 2.60. The van der Waals surface area contributed by atoms with E-state index in [1.165, 1.54) is 94.7 Å². The first-order chi connectivity index (χ1) is 32.0. The van der Waals surface area contributed by atoms with E-state index in [4.69, 9.17) is 0 Å². The predicted molar refractivity (Wildman–Crippen MR) is 272 cm³/mol. The van der Waals surface area contributed by atoms with E-state index in [2.05, 4.69) is 267 Å². The number of hydrogen-bond acceptors (Lipinski definition) is 1. The summed E-state index contributed by atoms with van der Waals surface area (Å²) in [5, 5.41) is 0. The summed E-state index contributed by atoms with van der Waals surface area (Å²) < 4.78 is 0. The summed E-state index contributed by atoms with van der Waals surface area (Å²) in [4.78, 5) is 2.57. The van der Waals surface area contributed by atoms with Crippen LogP contribution in [0.4, 0.5) is 17.1 Å².